The number of nitriles is 1. The highest BCUT2D eigenvalue weighted by molar-refractivity contribution is 4.93. The van der Waals surface area contributed by atoms with Crippen molar-refractivity contribution in [2.75, 3.05) is 13.2 Å². The van der Waals surface area contributed by atoms with Gasteiger partial charge in [0.15, 0.2) is 0 Å². The van der Waals surface area contributed by atoms with Crippen molar-refractivity contribution in [1.82, 2.24) is 4.90 Å². The van der Waals surface area contributed by atoms with Gasteiger partial charge in [-0.15, -0.1) is 0 Å². The van der Waals surface area contributed by atoms with Gasteiger partial charge in [-0.25, -0.2) is 0 Å². The number of aliphatic hydroxyl groups is 1. The van der Waals surface area contributed by atoms with Gasteiger partial charge < -0.3 is 5.11 Å². The van der Waals surface area contributed by atoms with Crippen LogP contribution >= 0.6 is 0 Å². The van der Waals surface area contributed by atoms with Gasteiger partial charge in [0.2, 0.25) is 0 Å². The molecule has 2 atom stereocenters. The fourth-order valence-corrected chi connectivity index (χ4v) is 1.64. The lowest BCUT2D eigenvalue weighted by Gasteiger charge is -2.24. The predicted octanol–water partition coefficient (Wildman–Crippen LogP) is 0.355. The molecule has 1 rings (SSSR count). The Morgan fingerprint density at radius 3 is 3.09 bits per heavy atom. The summed E-state index contributed by atoms with van der Waals surface area (Å²) in [5.41, 5.74) is 0. The summed E-state index contributed by atoms with van der Waals surface area (Å²) in [6.45, 7) is 3.03. The molecule has 0 aromatic heterocycles. The van der Waals surface area contributed by atoms with Crippen LogP contribution in [0.2, 0.25) is 0 Å². The van der Waals surface area contributed by atoms with E-state index in [4.69, 9.17) is 10.4 Å². The lowest BCUT2D eigenvalue weighted by atomic mass is 10.2. The zero-order valence-electron chi connectivity index (χ0n) is 6.82. The molecule has 1 unspecified atom stereocenters. The van der Waals surface area contributed by atoms with Crippen LogP contribution in [-0.2, 0) is 0 Å². The van der Waals surface area contributed by atoms with Gasteiger partial charge in [0.1, 0.15) is 0 Å². The molecule has 1 aliphatic rings. The van der Waals surface area contributed by atoms with Crippen LogP contribution in [0.15, 0.2) is 0 Å². The van der Waals surface area contributed by atoms with E-state index in [9.17, 15) is 0 Å². The third-order valence-electron chi connectivity index (χ3n) is 2.32. The SMILES string of the molecule is CC(C#N)N1CCC[C@@H]1CO. The van der Waals surface area contributed by atoms with Crippen LogP contribution in [0.25, 0.3) is 0 Å². The van der Waals surface area contributed by atoms with Crippen LogP contribution in [-0.4, -0.2) is 35.2 Å². The van der Waals surface area contributed by atoms with Crippen molar-refractivity contribution < 1.29 is 5.11 Å². The first kappa shape index (κ1) is 8.51. The molecule has 0 amide bonds. The number of likely N-dealkylation sites (tertiary alicyclic amines) is 1. The van der Waals surface area contributed by atoms with Crippen molar-refractivity contribution in [3.8, 4) is 6.07 Å². The molecule has 3 nitrogen and oxygen atoms in total. The standard InChI is InChI=1S/C8H14N2O/c1-7(5-9)10-4-2-3-8(10)6-11/h7-8,11H,2-4,6H2,1H3/t7?,8-/m1/s1. The van der Waals surface area contributed by atoms with E-state index in [0.29, 0.717) is 0 Å². The third-order valence-corrected chi connectivity index (χ3v) is 2.32. The topological polar surface area (TPSA) is 47.3 Å². The molecule has 0 spiro atoms. The highest BCUT2D eigenvalue weighted by Crippen LogP contribution is 2.18. The second-order valence-electron chi connectivity index (χ2n) is 3.02. The van der Waals surface area contributed by atoms with E-state index in [-0.39, 0.29) is 18.7 Å². The van der Waals surface area contributed by atoms with E-state index in [1.54, 1.807) is 0 Å². The number of rotatable bonds is 2. The van der Waals surface area contributed by atoms with Gasteiger partial charge in [0.25, 0.3) is 0 Å². The molecule has 1 aliphatic heterocycles. The molecule has 1 N–H and O–H groups in total. The van der Waals surface area contributed by atoms with Crippen LogP contribution in [0.1, 0.15) is 19.8 Å². The van der Waals surface area contributed by atoms with Gasteiger partial charge in [-0.05, 0) is 26.3 Å². The molecule has 1 fully saturated rings. The fourth-order valence-electron chi connectivity index (χ4n) is 1.64. The summed E-state index contributed by atoms with van der Waals surface area (Å²) in [6, 6.07) is 2.37. The van der Waals surface area contributed by atoms with Gasteiger partial charge in [0, 0.05) is 6.04 Å². The first-order chi connectivity index (χ1) is 5.29. The summed E-state index contributed by atoms with van der Waals surface area (Å²) in [4.78, 5) is 2.07. The van der Waals surface area contributed by atoms with Crippen molar-refractivity contribution in [1.29, 1.82) is 5.26 Å². The first-order valence-corrected chi connectivity index (χ1v) is 4.05. The predicted molar refractivity (Wildman–Crippen MR) is 41.9 cm³/mol. The molecule has 1 saturated heterocycles. The van der Waals surface area contributed by atoms with Crippen LogP contribution in [0, 0.1) is 11.3 Å². The van der Waals surface area contributed by atoms with E-state index < -0.39 is 0 Å². The summed E-state index contributed by atoms with van der Waals surface area (Å²) in [7, 11) is 0. The average molecular weight is 154 g/mol. The molecule has 0 saturated carbocycles. The molecule has 0 aliphatic carbocycles. The van der Waals surface area contributed by atoms with Gasteiger partial charge in [-0.3, -0.25) is 4.90 Å². The monoisotopic (exact) mass is 154 g/mol. The van der Waals surface area contributed by atoms with Gasteiger partial charge in [-0.1, -0.05) is 0 Å². The second kappa shape index (κ2) is 3.70. The lowest BCUT2D eigenvalue weighted by Crippen LogP contribution is -2.38. The van der Waals surface area contributed by atoms with E-state index in [1.165, 1.54) is 0 Å². The van der Waals surface area contributed by atoms with Gasteiger partial charge in [-0.2, -0.15) is 5.26 Å². The molecule has 0 aromatic carbocycles. The summed E-state index contributed by atoms with van der Waals surface area (Å²) in [5.74, 6) is 0. The smallest absolute Gasteiger partial charge is 0.0952 e. The van der Waals surface area contributed by atoms with Gasteiger partial charge in [0.05, 0.1) is 18.7 Å². The maximum atomic E-state index is 8.93. The Kier molecular flexibility index (Phi) is 2.86. The number of nitrogens with zero attached hydrogens (tertiary/aromatic N) is 2. The molecule has 11 heavy (non-hydrogen) atoms. The van der Waals surface area contributed by atoms with E-state index in [2.05, 4.69) is 11.0 Å². The number of hydrogen-bond acceptors (Lipinski definition) is 3. The molecular weight excluding hydrogens is 140 g/mol. The van der Waals surface area contributed by atoms with Crippen LogP contribution in [0.5, 0.6) is 0 Å². The Bertz CT molecular complexity index is 164. The quantitative estimate of drug-likeness (QED) is 0.624. The van der Waals surface area contributed by atoms with Crippen molar-refractivity contribution in [3.63, 3.8) is 0 Å². The summed E-state index contributed by atoms with van der Waals surface area (Å²) < 4.78 is 0. The Hall–Kier alpha value is -0.590. The first-order valence-electron chi connectivity index (χ1n) is 4.05. The minimum atomic E-state index is -0.0466. The Balaban J connectivity index is 2.50. The van der Waals surface area contributed by atoms with Crippen molar-refractivity contribution in [3.05, 3.63) is 0 Å². The normalized spacial score (nSPS) is 28.3. The molecule has 3 heteroatoms. The number of hydrogen-bond donors (Lipinski definition) is 1. The second-order valence-corrected chi connectivity index (χ2v) is 3.02. The van der Waals surface area contributed by atoms with Crippen LogP contribution < -0.4 is 0 Å². The summed E-state index contributed by atoms with van der Waals surface area (Å²) >= 11 is 0. The number of aliphatic hydroxyl groups excluding tert-OH is 1. The zero-order valence-corrected chi connectivity index (χ0v) is 6.82. The summed E-state index contributed by atoms with van der Waals surface area (Å²) in [6.07, 6.45) is 2.14. The molecule has 0 radical (unpaired) electrons. The third kappa shape index (κ3) is 1.70. The zero-order chi connectivity index (χ0) is 8.27. The largest absolute Gasteiger partial charge is 0.395 e. The van der Waals surface area contributed by atoms with Crippen molar-refractivity contribution in [2.45, 2.75) is 31.8 Å². The molecule has 0 aromatic rings. The molecule has 0 bridgehead atoms. The van der Waals surface area contributed by atoms with Crippen LogP contribution in [0.4, 0.5) is 0 Å². The van der Waals surface area contributed by atoms with Crippen molar-refractivity contribution in [2.24, 2.45) is 0 Å². The lowest BCUT2D eigenvalue weighted by molar-refractivity contribution is 0.145. The fraction of sp³-hybridized carbons (Fsp3) is 0.875. The van der Waals surface area contributed by atoms with Crippen LogP contribution in [0.3, 0.4) is 0 Å². The van der Waals surface area contributed by atoms with E-state index in [1.807, 2.05) is 6.92 Å². The maximum absolute atomic E-state index is 8.93. The Morgan fingerprint density at radius 2 is 2.55 bits per heavy atom. The van der Waals surface area contributed by atoms with E-state index in [0.717, 1.165) is 19.4 Å². The molecule has 62 valence electrons. The highest BCUT2D eigenvalue weighted by Gasteiger charge is 2.27. The van der Waals surface area contributed by atoms with Crippen molar-refractivity contribution >= 4 is 0 Å². The summed E-state index contributed by atoms with van der Waals surface area (Å²) in [5, 5.41) is 17.6. The highest BCUT2D eigenvalue weighted by atomic mass is 16.3. The average Bonchev–Trinajstić information content (AvgIpc) is 2.50. The molecular formula is C8H14N2O. The minimum absolute atomic E-state index is 0.0466. The van der Waals surface area contributed by atoms with E-state index >= 15 is 0 Å². The van der Waals surface area contributed by atoms with Gasteiger partial charge >= 0.3 is 0 Å². The minimum Gasteiger partial charge on any atom is -0.395 e. The maximum Gasteiger partial charge on any atom is 0.0952 e. The Labute approximate surface area is 67.2 Å². The Morgan fingerprint density at radius 1 is 1.82 bits per heavy atom. The molecule has 1 heterocycles.